The number of likely N-dealkylation sites (tertiary alicyclic amines) is 1. The molecule has 3 heterocycles. The van der Waals surface area contributed by atoms with Crippen LogP contribution in [0.1, 0.15) is 48.7 Å². The van der Waals surface area contributed by atoms with Gasteiger partial charge in [-0.15, -0.1) is 0 Å². The third-order valence-corrected chi connectivity index (χ3v) is 4.71. The van der Waals surface area contributed by atoms with Gasteiger partial charge in [0.1, 0.15) is 0 Å². The maximum absolute atomic E-state index is 11.1. The lowest BCUT2D eigenvalue weighted by Crippen LogP contribution is -2.39. The van der Waals surface area contributed by atoms with E-state index in [1.54, 1.807) is 12.3 Å². The van der Waals surface area contributed by atoms with Gasteiger partial charge in [-0.2, -0.15) is 0 Å². The molecule has 1 aliphatic heterocycles. The molecule has 5 nitrogen and oxygen atoms in total. The Morgan fingerprint density at radius 1 is 1.25 bits per heavy atom. The Balaban J connectivity index is 1.78. The molecular weight excluding hydrogens is 302 g/mol. The van der Waals surface area contributed by atoms with E-state index in [2.05, 4.69) is 34.8 Å². The average molecular weight is 325 g/mol. The van der Waals surface area contributed by atoms with E-state index in [1.807, 2.05) is 12.3 Å². The Labute approximate surface area is 142 Å². The van der Waals surface area contributed by atoms with Gasteiger partial charge in [0, 0.05) is 53.9 Å². The van der Waals surface area contributed by atoms with E-state index in [0.717, 1.165) is 23.4 Å². The van der Waals surface area contributed by atoms with E-state index in [0.29, 0.717) is 12.0 Å². The number of piperidine rings is 1. The summed E-state index contributed by atoms with van der Waals surface area (Å²) in [6.45, 7) is 6.70. The normalized spacial score (nSPS) is 18.7. The SMILES string of the molecule is CC(C)N1CCCC(c2ccc(-c3cncc(C(=O)O)c3)cn2)C1. The van der Waals surface area contributed by atoms with Crippen LogP contribution in [0, 0.1) is 0 Å². The number of hydrogen-bond donors (Lipinski definition) is 1. The van der Waals surface area contributed by atoms with Gasteiger partial charge in [-0.25, -0.2) is 4.79 Å². The van der Waals surface area contributed by atoms with Gasteiger partial charge in [-0.3, -0.25) is 9.97 Å². The van der Waals surface area contributed by atoms with Crippen LogP contribution < -0.4 is 0 Å². The fourth-order valence-electron chi connectivity index (χ4n) is 3.25. The van der Waals surface area contributed by atoms with Crippen LogP contribution in [0.25, 0.3) is 11.1 Å². The number of carboxylic acid groups (broad SMARTS) is 1. The Morgan fingerprint density at radius 3 is 2.75 bits per heavy atom. The monoisotopic (exact) mass is 325 g/mol. The van der Waals surface area contributed by atoms with E-state index in [1.165, 1.54) is 25.6 Å². The highest BCUT2D eigenvalue weighted by molar-refractivity contribution is 5.88. The smallest absolute Gasteiger partial charge is 0.337 e. The molecule has 1 fully saturated rings. The molecule has 5 heteroatoms. The van der Waals surface area contributed by atoms with Crippen molar-refractivity contribution >= 4 is 5.97 Å². The van der Waals surface area contributed by atoms with Crippen LogP contribution in [-0.4, -0.2) is 45.1 Å². The number of nitrogens with zero attached hydrogens (tertiary/aromatic N) is 3. The van der Waals surface area contributed by atoms with Crippen LogP contribution in [0.15, 0.2) is 36.8 Å². The van der Waals surface area contributed by atoms with Crippen LogP contribution >= 0.6 is 0 Å². The summed E-state index contributed by atoms with van der Waals surface area (Å²) in [7, 11) is 0. The number of rotatable bonds is 4. The van der Waals surface area contributed by atoms with Crippen molar-refractivity contribution in [2.45, 2.75) is 38.6 Å². The molecule has 1 N–H and O–H groups in total. The highest BCUT2D eigenvalue weighted by Crippen LogP contribution is 2.28. The molecule has 0 spiro atoms. The van der Waals surface area contributed by atoms with E-state index < -0.39 is 5.97 Å². The second-order valence-corrected chi connectivity index (χ2v) is 6.67. The largest absolute Gasteiger partial charge is 0.478 e. The van der Waals surface area contributed by atoms with Crippen LogP contribution in [-0.2, 0) is 0 Å². The van der Waals surface area contributed by atoms with Crippen LogP contribution in [0.2, 0.25) is 0 Å². The highest BCUT2D eigenvalue weighted by atomic mass is 16.4. The van der Waals surface area contributed by atoms with Gasteiger partial charge in [0.15, 0.2) is 0 Å². The number of carbonyl (C=O) groups is 1. The van der Waals surface area contributed by atoms with E-state index in [9.17, 15) is 4.79 Å². The van der Waals surface area contributed by atoms with Gasteiger partial charge in [-0.1, -0.05) is 6.07 Å². The molecule has 24 heavy (non-hydrogen) atoms. The first-order chi connectivity index (χ1) is 11.5. The quantitative estimate of drug-likeness (QED) is 0.933. The Kier molecular flexibility index (Phi) is 4.90. The average Bonchev–Trinajstić information content (AvgIpc) is 2.62. The molecule has 1 saturated heterocycles. The van der Waals surface area contributed by atoms with Crippen LogP contribution in [0.3, 0.4) is 0 Å². The van der Waals surface area contributed by atoms with Gasteiger partial charge in [0.05, 0.1) is 5.56 Å². The molecule has 0 amide bonds. The zero-order chi connectivity index (χ0) is 17.1. The molecule has 0 radical (unpaired) electrons. The molecule has 0 aliphatic carbocycles. The summed E-state index contributed by atoms with van der Waals surface area (Å²) in [5.41, 5.74) is 2.98. The lowest BCUT2D eigenvalue weighted by molar-refractivity contribution is 0.0696. The molecule has 1 aliphatic rings. The summed E-state index contributed by atoms with van der Waals surface area (Å²) in [5, 5.41) is 9.08. The predicted octanol–water partition coefficient (Wildman–Crippen LogP) is 3.43. The molecule has 1 unspecified atom stereocenters. The van der Waals surface area contributed by atoms with Crippen LogP contribution in [0.5, 0.6) is 0 Å². The number of aromatic carboxylic acids is 1. The summed E-state index contributed by atoms with van der Waals surface area (Å²) in [6.07, 6.45) is 7.23. The fourth-order valence-corrected chi connectivity index (χ4v) is 3.25. The van der Waals surface area contributed by atoms with E-state index in [4.69, 9.17) is 5.11 Å². The topological polar surface area (TPSA) is 66.3 Å². The minimum Gasteiger partial charge on any atom is -0.478 e. The van der Waals surface area contributed by atoms with Gasteiger partial charge >= 0.3 is 5.97 Å². The second kappa shape index (κ2) is 7.09. The first kappa shape index (κ1) is 16.6. The lowest BCUT2D eigenvalue weighted by Gasteiger charge is -2.35. The summed E-state index contributed by atoms with van der Waals surface area (Å²) in [5.74, 6) is -0.497. The van der Waals surface area contributed by atoms with Gasteiger partial charge in [0.25, 0.3) is 0 Å². The highest BCUT2D eigenvalue weighted by Gasteiger charge is 2.23. The molecule has 0 bridgehead atoms. The van der Waals surface area contributed by atoms with Crippen molar-refractivity contribution in [3.8, 4) is 11.1 Å². The van der Waals surface area contributed by atoms with Crippen molar-refractivity contribution in [2.24, 2.45) is 0 Å². The minimum absolute atomic E-state index is 0.191. The summed E-state index contributed by atoms with van der Waals surface area (Å²) < 4.78 is 0. The second-order valence-electron chi connectivity index (χ2n) is 6.67. The first-order valence-electron chi connectivity index (χ1n) is 8.43. The van der Waals surface area contributed by atoms with Crippen molar-refractivity contribution in [1.29, 1.82) is 0 Å². The summed E-state index contributed by atoms with van der Waals surface area (Å²) >= 11 is 0. The zero-order valence-electron chi connectivity index (χ0n) is 14.1. The molecule has 126 valence electrons. The maximum atomic E-state index is 11.1. The number of carboxylic acids is 1. The summed E-state index contributed by atoms with van der Waals surface area (Å²) in [6, 6.07) is 6.28. The third kappa shape index (κ3) is 3.62. The van der Waals surface area contributed by atoms with Gasteiger partial charge < -0.3 is 10.0 Å². The van der Waals surface area contributed by atoms with Gasteiger partial charge in [0.2, 0.25) is 0 Å². The molecular formula is C19H23N3O2. The molecule has 0 saturated carbocycles. The Bertz CT molecular complexity index is 713. The number of pyridine rings is 2. The zero-order valence-corrected chi connectivity index (χ0v) is 14.1. The fraction of sp³-hybridized carbons (Fsp3) is 0.421. The Morgan fingerprint density at radius 2 is 2.08 bits per heavy atom. The number of aromatic nitrogens is 2. The van der Waals surface area contributed by atoms with E-state index >= 15 is 0 Å². The molecule has 2 aromatic rings. The molecule has 3 rings (SSSR count). The van der Waals surface area contributed by atoms with Crippen molar-refractivity contribution in [3.05, 3.63) is 48.0 Å². The third-order valence-electron chi connectivity index (χ3n) is 4.71. The molecule has 2 aromatic heterocycles. The van der Waals surface area contributed by atoms with E-state index in [-0.39, 0.29) is 5.56 Å². The lowest BCUT2D eigenvalue weighted by atomic mass is 9.93. The first-order valence-corrected chi connectivity index (χ1v) is 8.43. The molecule has 1 atom stereocenters. The summed E-state index contributed by atoms with van der Waals surface area (Å²) in [4.78, 5) is 22.2. The van der Waals surface area contributed by atoms with Crippen molar-refractivity contribution in [3.63, 3.8) is 0 Å². The standard InChI is InChI=1S/C19H23N3O2/c1-13(2)22-7-3-4-15(12-22)18-6-5-14(11-21-18)16-8-17(19(23)24)10-20-9-16/h5-6,8-11,13,15H,3-4,7,12H2,1-2H3,(H,23,24). The predicted molar refractivity (Wildman–Crippen MR) is 93.1 cm³/mol. The number of hydrogen-bond acceptors (Lipinski definition) is 4. The van der Waals surface area contributed by atoms with Crippen LogP contribution in [0.4, 0.5) is 0 Å². The minimum atomic E-state index is -0.968. The van der Waals surface area contributed by atoms with Crippen molar-refractivity contribution < 1.29 is 9.90 Å². The Hall–Kier alpha value is -2.27. The van der Waals surface area contributed by atoms with Crippen molar-refractivity contribution in [2.75, 3.05) is 13.1 Å². The maximum Gasteiger partial charge on any atom is 0.337 e. The van der Waals surface area contributed by atoms with Gasteiger partial charge in [-0.05, 0) is 45.4 Å². The van der Waals surface area contributed by atoms with Crippen molar-refractivity contribution in [1.82, 2.24) is 14.9 Å². The molecule has 0 aromatic carbocycles.